The van der Waals surface area contributed by atoms with E-state index < -0.39 is 12.7 Å². The van der Waals surface area contributed by atoms with Crippen LogP contribution in [0.5, 0.6) is 0 Å². The highest BCUT2D eigenvalue weighted by atomic mass is 32.2. The molecule has 118 valence electrons. The Morgan fingerprint density at radius 3 is 2.60 bits per heavy atom. The fraction of sp³-hybridized carbons (Fsp3) is 0.917. The minimum atomic E-state index is -4.18. The van der Waals surface area contributed by atoms with Crippen LogP contribution in [0.4, 0.5) is 18.0 Å². The smallest absolute Gasteiger partial charge is 0.337 e. The van der Waals surface area contributed by atoms with Crippen molar-refractivity contribution in [3.63, 3.8) is 0 Å². The zero-order valence-electron chi connectivity index (χ0n) is 11.9. The summed E-state index contributed by atoms with van der Waals surface area (Å²) in [5.41, 5.74) is 0. The van der Waals surface area contributed by atoms with Gasteiger partial charge in [-0.15, -0.1) is 0 Å². The van der Waals surface area contributed by atoms with E-state index in [-0.39, 0.29) is 12.6 Å². The van der Waals surface area contributed by atoms with Gasteiger partial charge < -0.3 is 10.2 Å². The molecular formula is C12H22F3N3OS. The second-order valence-electron chi connectivity index (χ2n) is 4.96. The number of thioether (sulfide) groups is 1. The van der Waals surface area contributed by atoms with Gasteiger partial charge >= 0.3 is 12.2 Å². The molecule has 1 N–H and O–H groups in total. The Labute approximate surface area is 122 Å². The summed E-state index contributed by atoms with van der Waals surface area (Å²) in [6, 6.07) is -0.181. The number of nitrogens with zero attached hydrogens (tertiary/aromatic N) is 2. The van der Waals surface area contributed by atoms with Crippen LogP contribution in [0, 0.1) is 0 Å². The molecule has 20 heavy (non-hydrogen) atoms. The maximum absolute atomic E-state index is 12.3. The molecule has 0 unspecified atom stereocenters. The average molecular weight is 313 g/mol. The normalized spacial score (nSPS) is 19.6. The van der Waals surface area contributed by atoms with Gasteiger partial charge in [0.1, 0.15) is 0 Å². The van der Waals surface area contributed by atoms with Crippen molar-refractivity contribution < 1.29 is 18.0 Å². The third-order valence-electron chi connectivity index (χ3n) is 3.22. The molecule has 1 atom stereocenters. The molecule has 0 radical (unpaired) electrons. The summed E-state index contributed by atoms with van der Waals surface area (Å²) in [4.78, 5) is 14.9. The summed E-state index contributed by atoms with van der Waals surface area (Å²) in [6.07, 6.45) is -1.63. The van der Waals surface area contributed by atoms with Crippen LogP contribution in [0.2, 0.25) is 0 Å². The molecule has 2 amide bonds. The van der Waals surface area contributed by atoms with E-state index in [1.54, 1.807) is 16.7 Å². The molecule has 1 fully saturated rings. The molecule has 0 bridgehead atoms. The fourth-order valence-electron chi connectivity index (χ4n) is 2.01. The van der Waals surface area contributed by atoms with E-state index in [1.165, 1.54) is 4.90 Å². The minimum Gasteiger partial charge on any atom is -0.337 e. The Hall–Kier alpha value is -0.630. The number of rotatable bonds is 4. The number of amides is 2. The van der Waals surface area contributed by atoms with Gasteiger partial charge in [-0.1, -0.05) is 6.92 Å². The van der Waals surface area contributed by atoms with Crippen molar-refractivity contribution in [2.24, 2.45) is 0 Å². The molecule has 1 rings (SSSR count). The Kier molecular flexibility index (Phi) is 6.94. The molecule has 4 nitrogen and oxygen atoms in total. The van der Waals surface area contributed by atoms with Crippen LogP contribution in [0.25, 0.3) is 0 Å². The maximum Gasteiger partial charge on any atom is 0.401 e. The van der Waals surface area contributed by atoms with Gasteiger partial charge in [0.25, 0.3) is 0 Å². The topological polar surface area (TPSA) is 35.6 Å². The van der Waals surface area contributed by atoms with Crippen LogP contribution in [-0.2, 0) is 0 Å². The van der Waals surface area contributed by atoms with E-state index in [1.807, 2.05) is 13.2 Å². The van der Waals surface area contributed by atoms with Gasteiger partial charge in [0.2, 0.25) is 0 Å². The van der Waals surface area contributed by atoms with Gasteiger partial charge in [0.05, 0.1) is 6.54 Å². The van der Waals surface area contributed by atoms with Crippen LogP contribution in [-0.4, -0.2) is 72.8 Å². The Bertz CT molecular complexity index is 315. The van der Waals surface area contributed by atoms with Crippen molar-refractivity contribution in [3.8, 4) is 0 Å². The summed E-state index contributed by atoms with van der Waals surface area (Å²) >= 11 is 1.66. The average Bonchev–Trinajstić information content (AvgIpc) is 2.59. The van der Waals surface area contributed by atoms with Gasteiger partial charge in [-0.2, -0.15) is 24.9 Å². The van der Waals surface area contributed by atoms with Crippen molar-refractivity contribution in [2.75, 3.05) is 45.5 Å². The molecule has 0 spiro atoms. The lowest BCUT2D eigenvalue weighted by Gasteiger charge is -2.23. The predicted molar refractivity (Wildman–Crippen MR) is 75.1 cm³/mol. The maximum atomic E-state index is 12.3. The second kappa shape index (κ2) is 7.97. The lowest BCUT2D eigenvalue weighted by molar-refractivity contribution is -0.145. The van der Waals surface area contributed by atoms with Gasteiger partial charge in [-0.25, -0.2) is 4.79 Å². The van der Waals surface area contributed by atoms with Crippen molar-refractivity contribution in [3.05, 3.63) is 0 Å². The largest absolute Gasteiger partial charge is 0.401 e. The van der Waals surface area contributed by atoms with E-state index in [0.29, 0.717) is 37.8 Å². The van der Waals surface area contributed by atoms with E-state index in [9.17, 15) is 18.0 Å². The molecule has 8 heteroatoms. The lowest BCUT2D eigenvalue weighted by Crippen LogP contribution is -2.44. The van der Waals surface area contributed by atoms with Gasteiger partial charge in [0, 0.05) is 38.0 Å². The molecule has 0 aliphatic carbocycles. The SMILES string of the molecule is CS[C@H](C)CNC(=O)N1CCCN(CC(F)(F)F)CC1. The minimum absolute atomic E-state index is 0.181. The molecule has 1 aliphatic heterocycles. The van der Waals surface area contributed by atoms with Crippen LogP contribution >= 0.6 is 11.8 Å². The number of alkyl halides is 3. The first-order valence-corrected chi connectivity index (χ1v) is 7.95. The summed E-state index contributed by atoms with van der Waals surface area (Å²) in [5, 5.41) is 3.15. The van der Waals surface area contributed by atoms with Gasteiger partial charge in [-0.3, -0.25) is 4.90 Å². The standard InChI is InChI=1S/C12H22F3N3OS/c1-10(20-2)8-16-11(19)18-5-3-4-17(6-7-18)9-12(13,14)15/h10H,3-9H2,1-2H3,(H,16,19)/t10-/m1/s1. The number of hydrogen-bond acceptors (Lipinski definition) is 3. The number of hydrogen-bond donors (Lipinski definition) is 1. The number of carbonyl (C=O) groups is 1. The highest BCUT2D eigenvalue weighted by Crippen LogP contribution is 2.17. The first-order valence-electron chi connectivity index (χ1n) is 6.66. The van der Waals surface area contributed by atoms with E-state index in [2.05, 4.69) is 5.32 Å². The van der Waals surface area contributed by atoms with Crippen molar-refractivity contribution in [1.82, 2.24) is 15.1 Å². The highest BCUT2D eigenvalue weighted by Gasteiger charge is 2.31. The zero-order valence-corrected chi connectivity index (χ0v) is 12.7. The van der Waals surface area contributed by atoms with Crippen LogP contribution in [0.3, 0.4) is 0 Å². The molecule has 1 saturated heterocycles. The van der Waals surface area contributed by atoms with E-state index in [0.717, 1.165) is 0 Å². The summed E-state index contributed by atoms with van der Waals surface area (Å²) < 4.78 is 37.0. The second-order valence-corrected chi connectivity index (χ2v) is 6.24. The van der Waals surface area contributed by atoms with Crippen molar-refractivity contribution >= 4 is 17.8 Å². The summed E-state index contributed by atoms with van der Waals surface area (Å²) in [6.45, 7) is 3.19. The van der Waals surface area contributed by atoms with Crippen LogP contribution < -0.4 is 5.32 Å². The summed E-state index contributed by atoms with van der Waals surface area (Å²) in [7, 11) is 0. The number of halogens is 3. The third kappa shape index (κ3) is 6.69. The van der Waals surface area contributed by atoms with Gasteiger partial charge in [-0.05, 0) is 12.7 Å². The summed E-state index contributed by atoms with van der Waals surface area (Å²) in [5.74, 6) is 0. The highest BCUT2D eigenvalue weighted by molar-refractivity contribution is 7.99. The quantitative estimate of drug-likeness (QED) is 0.862. The molecule has 1 aliphatic rings. The first kappa shape index (κ1) is 17.4. The predicted octanol–water partition coefficient (Wildman–Crippen LogP) is 2.02. The Morgan fingerprint density at radius 1 is 1.30 bits per heavy atom. The van der Waals surface area contributed by atoms with E-state index in [4.69, 9.17) is 0 Å². The van der Waals surface area contributed by atoms with Crippen molar-refractivity contribution in [1.29, 1.82) is 0 Å². The van der Waals surface area contributed by atoms with Crippen LogP contribution in [0.15, 0.2) is 0 Å². The number of nitrogens with one attached hydrogen (secondary N) is 1. The molecule has 0 saturated carbocycles. The monoisotopic (exact) mass is 313 g/mol. The van der Waals surface area contributed by atoms with Gasteiger partial charge in [0.15, 0.2) is 0 Å². The Morgan fingerprint density at radius 2 is 2.00 bits per heavy atom. The van der Waals surface area contributed by atoms with E-state index >= 15 is 0 Å². The molecule has 0 aromatic carbocycles. The molecule has 0 aromatic heterocycles. The number of carbonyl (C=O) groups excluding carboxylic acids is 1. The third-order valence-corrected chi connectivity index (χ3v) is 4.19. The number of urea groups is 1. The van der Waals surface area contributed by atoms with Crippen LogP contribution in [0.1, 0.15) is 13.3 Å². The Balaban J connectivity index is 2.37. The first-order chi connectivity index (χ1) is 9.31. The van der Waals surface area contributed by atoms with Crippen molar-refractivity contribution in [2.45, 2.75) is 24.8 Å². The molecular weight excluding hydrogens is 291 g/mol. The molecule has 1 heterocycles. The fourth-order valence-corrected chi connectivity index (χ4v) is 2.26. The lowest BCUT2D eigenvalue weighted by atomic mass is 10.4. The zero-order chi connectivity index (χ0) is 15.2. The molecule has 0 aromatic rings.